The maximum atomic E-state index is 5.04. The molecule has 0 aliphatic carbocycles. The average molecular weight is 649 g/mol. The highest BCUT2D eigenvalue weighted by atomic mass is 32.2. The van der Waals surface area contributed by atoms with Gasteiger partial charge in [-0.3, -0.25) is 4.57 Å². The van der Waals surface area contributed by atoms with Gasteiger partial charge in [-0.1, -0.05) is 158 Å². The highest BCUT2D eigenvalue weighted by Crippen LogP contribution is 2.38. The van der Waals surface area contributed by atoms with Crippen LogP contribution in [0.2, 0.25) is 0 Å². The Labute approximate surface area is 286 Å². The zero-order chi connectivity index (χ0) is 31.9. The number of fused-ring (bicyclic) bond motifs is 5. The van der Waals surface area contributed by atoms with E-state index < -0.39 is 8.07 Å². The Balaban J connectivity index is 1.27. The van der Waals surface area contributed by atoms with E-state index in [-0.39, 0.29) is 0 Å². The Hall–Kier alpha value is -5.42. The molecule has 228 valence electrons. The Kier molecular flexibility index (Phi) is 7.18. The molecule has 1 aliphatic heterocycles. The van der Waals surface area contributed by atoms with Crippen LogP contribution in [0, 0.1) is 0 Å². The smallest absolute Gasteiger partial charge is 0.179 e. The minimum Gasteiger partial charge on any atom is -0.294 e. The normalized spacial score (nSPS) is 12.4. The summed E-state index contributed by atoms with van der Waals surface area (Å²) in [6, 6.07) is 67.1. The molecule has 8 aromatic rings. The summed E-state index contributed by atoms with van der Waals surface area (Å²) in [5.74, 6) is 1.98. The Morgan fingerprint density at radius 3 is 1.65 bits per heavy atom. The van der Waals surface area contributed by atoms with Crippen molar-refractivity contribution in [2.24, 2.45) is 0 Å². The fraction of sp³-hybridized carbons (Fsp3) is 0.0227. The van der Waals surface area contributed by atoms with Crippen LogP contribution in [0.15, 0.2) is 187 Å². The van der Waals surface area contributed by atoms with E-state index in [1.165, 1.54) is 53.6 Å². The topological polar surface area (TPSA) is 17.8 Å². The second-order valence-electron chi connectivity index (χ2n) is 12.3. The van der Waals surface area contributed by atoms with Crippen LogP contribution in [-0.2, 0) is 5.75 Å². The van der Waals surface area contributed by atoms with E-state index in [0.29, 0.717) is 0 Å². The van der Waals surface area contributed by atoms with Crippen molar-refractivity contribution in [2.45, 2.75) is 10.6 Å². The van der Waals surface area contributed by atoms with Gasteiger partial charge in [0.1, 0.15) is 5.82 Å². The Morgan fingerprint density at radius 2 is 0.979 bits per heavy atom. The first-order chi connectivity index (χ1) is 23.8. The van der Waals surface area contributed by atoms with Crippen molar-refractivity contribution in [1.82, 2.24) is 9.55 Å². The molecule has 0 radical (unpaired) electrons. The highest BCUT2D eigenvalue weighted by molar-refractivity contribution is 7.98. The van der Waals surface area contributed by atoms with Crippen LogP contribution < -0.4 is 20.7 Å². The predicted molar refractivity (Wildman–Crippen MR) is 205 cm³/mol. The number of imidazole rings is 1. The molecule has 2 heterocycles. The zero-order valence-corrected chi connectivity index (χ0v) is 28.1. The van der Waals surface area contributed by atoms with Gasteiger partial charge < -0.3 is 0 Å². The maximum absolute atomic E-state index is 5.04. The molecule has 48 heavy (non-hydrogen) atoms. The molecular weight excluding hydrogens is 617 g/mol. The SMILES string of the molecule is c1ccc(-c2cccc([Si](c3ccccc3)(c3ccccc3)c3cccc(-c4ccc5nc6n(c5c4)-c4ccccc4SC6)c3)c2)cc1. The number of nitrogens with zero attached hydrogens (tertiary/aromatic N) is 2. The summed E-state index contributed by atoms with van der Waals surface area (Å²) in [5.41, 5.74) is 8.30. The van der Waals surface area contributed by atoms with E-state index in [1.807, 2.05) is 11.8 Å². The summed E-state index contributed by atoms with van der Waals surface area (Å²) in [5, 5.41) is 5.47. The molecule has 9 rings (SSSR count). The van der Waals surface area contributed by atoms with Gasteiger partial charge >= 0.3 is 0 Å². The molecule has 7 aromatic carbocycles. The fourth-order valence-electron chi connectivity index (χ4n) is 7.45. The predicted octanol–water partition coefficient (Wildman–Crippen LogP) is 8.34. The molecule has 0 unspecified atom stereocenters. The van der Waals surface area contributed by atoms with Crippen LogP contribution in [0.5, 0.6) is 0 Å². The Morgan fingerprint density at radius 1 is 0.458 bits per heavy atom. The van der Waals surface area contributed by atoms with Crippen molar-refractivity contribution in [1.29, 1.82) is 0 Å². The molecule has 1 aliphatic rings. The summed E-state index contributed by atoms with van der Waals surface area (Å²) in [4.78, 5) is 6.35. The summed E-state index contributed by atoms with van der Waals surface area (Å²) in [6.07, 6.45) is 0. The number of thioether (sulfide) groups is 1. The van der Waals surface area contributed by atoms with E-state index in [1.54, 1.807) is 0 Å². The molecule has 0 N–H and O–H groups in total. The van der Waals surface area contributed by atoms with Crippen molar-refractivity contribution in [3.05, 3.63) is 188 Å². The largest absolute Gasteiger partial charge is 0.294 e. The van der Waals surface area contributed by atoms with Gasteiger partial charge in [-0.25, -0.2) is 4.98 Å². The fourth-order valence-corrected chi connectivity index (χ4v) is 13.2. The number of rotatable bonds is 6. The zero-order valence-electron chi connectivity index (χ0n) is 26.3. The third kappa shape index (κ3) is 4.76. The molecule has 0 amide bonds. The summed E-state index contributed by atoms with van der Waals surface area (Å²) in [7, 11) is -2.76. The first-order valence-corrected chi connectivity index (χ1v) is 19.4. The van der Waals surface area contributed by atoms with E-state index in [9.17, 15) is 0 Å². The summed E-state index contributed by atoms with van der Waals surface area (Å²) < 4.78 is 2.36. The summed E-state index contributed by atoms with van der Waals surface area (Å²) >= 11 is 1.87. The van der Waals surface area contributed by atoms with Crippen LogP contribution in [0.4, 0.5) is 0 Å². The molecule has 0 spiro atoms. The van der Waals surface area contributed by atoms with Gasteiger partial charge in [0.05, 0.1) is 22.5 Å². The number of hydrogen-bond acceptors (Lipinski definition) is 2. The molecule has 1 aromatic heterocycles. The number of aromatic nitrogens is 2. The molecular formula is C44H32N2SSi. The van der Waals surface area contributed by atoms with Crippen molar-refractivity contribution < 1.29 is 0 Å². The van der Waals surface area contributed by atoms with Crippen LogP contribution in [-0.4, -0.2) is 17.6 Å². The third-order valence-corrected chi connectivity index (χ3v) is 15.4. The van der Waals surface area contributed by atoms with Gasteiger partial charge in [0, 0.05) is 4.90 Å². The minimum atomic E-state index is -2.76. The first kappa shape index (κ1) is 28.8. The van der Waals surface area contributed by atoms with Gasteiger partial charge in [0.25, 0.3) is 0 Å². The molecule has 2 nitrogen and oxygen atoms in total. The van der Waals surface area contributed by atoms with Gasteiger partial charge in [-0.05, 0) is 67.3 Å². The van der Waals surface area contributed by atoms with Crippen molar-refractivity contribution in [2.75, 3.05) is 0 Å². The van der Waals surface area contributed by atoms with Crippen LogP contribution in [0.25, 0.3) is 39.0 Å². The Bertz CT molecular complexity index is 2360. The van der Waals surface area contributed by atoms with Crippen molar-refractivity contribution >= 4 is 51.6 Å². The lowest BCUT2D eigenvalue weighted by Crippen LogP contribution is -2.74. The van der Waals surface area contributed by atoms with Crippen LogP contribution >= 0.6 is 11.8 Å². The number of para-hydroxylation sites is 1. The van der Waals surface area contributed by atoms with Gasteiger partial charge in [-0.15, -0.1) is 11.8 Å². The highest BCUT2D eigenvalue weighted by Gasteiger charge is 2.41. The molecule has 0 bridgehead atoms. The van der Waals surface area contributed by atoms with E-state index in [0.717, 1.165) is 22.6 Å². The van der Waals surface area contributed by atoms with E-state index >= 15 is 0 Å². The second-order valence-corrected chi connectivity index (χ2v) is 17.2. The van der Waals surface area contributed by atoms with Gasteiger partial charge in [0.15, 0.2) is 8.07 Å². The van der Waals surface area contributed by atoms with Gasteiger partial charge in [-0.2, -0.15) is 0 Å². The third-order valence-electron chi connectivity index (χ3n) is 9.63. The molecule has 0 atom stereocenters. The average Bonchev–Trinajstić information content (AvgIpc) is 3.55. The second kappa shape index (κ2) is 12.0. The standard InChI is InChI=1S/C44H32N2SSi/c1-4-14-32(15-5-1)33-16-12-22-38(28-33)48(36-18-6-2-7-19-36,37-20-8-3-9-21-37)39-23-13-17-34(29-39)35-26-27-40-42(30-35)46-41-24-10-11-25-43(41)47-31-44(46)45-40/h1-30H,31H2. The number of benzene rings is 7. The maximum Gasteiger partial charge on any atom is 0.179 e. The van der Waals surface area contributed by atoms with E-state index in [4.69, 9.17) is 4.98 Å². The van der Waals surface area contributed by atoms with Gasteiger partial charge in [0.2, 0.25) is 0 Å². The lowest BCUT2D eigenvalue weighted by atomic mass is 10.1. The molecule has 0 fully saturated rings. The van der Waals surface area contributed by atoms with Crippen LogP contribution in [0.3, 0.4) is 0 Å². The first-order valence-electron chi connectivity index (χ1n) is 16.4. The van der Waals surface area contributed by atoms with Crippen molar-refractivity contribution in [3.63, 3.8) is 0 Å². The lowest BCUT2D eigenvalue weighted by molar-refractivity contribution is 0.945. The summed E-state index contributed by atoms with van der Waals surface area (Å²) in [6.45, 7) is 0. The monoisotopic (exact) mass is 648 g/mol. The molecule has 0 saturated heterocycles. The van der Waals surface area contributed by atoms with Crippen LogP contribution in [0.1, 0.15) is 5.82 Å². The number of hydrogen-bond donors (Lipinski definition) is 0. The quantitative estimate of drug-likeness (QED) is 0.133. The minimum absolute atomic E-state index is 0.876. The van der Waals surface area contributed by atoms with E-state index in [2.05, 4.69) is 187 Å². The lowest BCUT2D eigenvalue weighted by Gasteiger charge is -2.35. The molecule has 0 saturated carbocycles. The molecule has 4 heteroatoms. The van der Waals surface area contributed by atoms with Crippen molar-refractivity contribution in [3.8, 4) is 27.9 Å².